The van der Waals surface area contributed by atoms with Crippen LogP contribution in [-0.2, 0) is 27.4 Å². The molecule has 0 fully saturated rings. The Morgan fingerprint density at radius 3 is 2.63 bits per heavy atom. The van der Waals surface area contributed by atoms with E-state index in [-0.39, 0.29) is 18.9 Å². The Morgan fingerprint density at radius 2 is 1.93 bits per heavy atom. The molecule has 0 saturated carbocycles. The standard InChI is InChI=1S/C18H18N4O5/c1-11-4-6-13(7-5-11)17-19-21-22(20-17)9-15(23)26-10-14-8-12(2)16(27-14)18(24)25-3/h4-8H,9-10H2,1-3H3. The zero-order chi connectivity index (χ0) is 19.4. The van der Waals surface area contributed by atoms with Gasteiger partial charge in [0.15, 0.2) is 6.54 Å². The molecule has 9 heteroatoms. The number of furan rings is 1. The number of aromatic nitrogens is 4. The second-order valence-corrected chi connectivity index (χ2v) is 5.89. The van der Waals surface area contributed by atoms with Crippen molar-refractivity contribution in [2.24, 2.45) is 0 Å². The van der Waals surface area contributed by atoms with E-state index in [1.165, 1.54) is 7.11 Å². The molecular formula is C18H18N4O5. The third-order valence-electron chi connectivity index (χ3n) is 3.75. The van der Waals surface area contributed by atoms with Crippen molar-refractivity contribution in [2.75, 3.05) is 7.11 Å². The van der Waals surface area contributed by atoms with Crippen LogP contribution in [0.2, 0.25) is 0 Å². The first-order valence-electron chi connectivity index (χ1n) is 8.14. The van der Waals surface area contributed by atoms with Crippen molar-refractivity contribution >= 4 is 11.9 Å². The summed E-state index contributed by atoms with van der Waals surface area (Å²) in [5.41, 5.74) is 2.54. The molecule has 2 heterocycles. The van der Waals surface area contributed by atoms with Gasteiger partial charge < -0.3 is 13.9 Å². The quantitative estimate of drug-likeness (QED) is 0.607. The minimum atomic E-state index is -0.583. The van der Waals surface area contributed by atoms with Crippen molar-refractivity contribution in [2.45, 2.75) is 27.0 Å². The number of nitrogens with zero attached hydrogens (tertiary/aromatic N) is 4. The van der Waals surface area contributed by atoms with Gasteiger partial charge in [-0.25, -0.2) is 9.59 Å². The first-order chi connectivity index (χ1) is 13.0. The number of rotatable bonds is 6. The van der Waals surface area contributed by atoms with Gasteiger partial charge in [-0.3, -0.25) is 0 Å². The van der Waals surface area contributed by atoms with Gasteiger partial charge in [-0.2, -0.15) is 4.80 Å². The van der Waals surface area contributed by atoms with E-state index in [9.17, 15) is 9.59 Å². The Morgan fingerprint density at radius 1 is 1.19 bits per heavy atom. The number of methoxy groups -OCH3 is 1. The Balaban J connectivity index is 1.57. The van der Waals surface area contributed by atoms with E-state index in [1.54, 1.807) is 13.0 Å². The average molecular weight is 370 g/mol. The molecule has 0 bridgehead atoms. The van der Waals surface area contributed by atoms with E-state index in [4.69, 9.17) is 9.15 Å². The predicted octanol–water partition coefficient (Wildman–Crippen LogP) is 2.08. The molecule has 0 aliphatic carbocycles. The number of esters is 2. The fourth-order valence-electron chi connectivity index (χ4n) is 2.36. The van der Waals surface area contributed by atoms with Crippen LogP contribution in [0.1, 0.15) is 27.4 Å². The maximum absolute atomic E-state index is 12.0. The number of carbonyl (C=O) groups is 2. The Hall–Kier alpha value is -3.49. The smallest absolute Gasteiger partial charge is 0.374 e. The molecule has 0 saturated heterocycles. The summed E-state index contributed by atoms with van der Waals surface area (Å²) in [4.78, 5) is 24.6. The summed E-state index contributed by atoms with van der Waals surface area (Å²) in [5, 5.41) is 12.0. The van der Waals surface area contributed by atoms with Crippen LogP contribution in [0.3, 0.4) is 0 Å². The van der Waals surface area contributed by atoms with E-state index >= 15 is 0 Å². The third kappa shape index (κ3) is 4.38. The maximum Gasteiger partial charge on any atom is 0.374 e. The van der Waals surface area contributed by atoms with Gasteiger partial charge in [-0.1, -0.05) is 29.8 Å². The number of tetrazole rings is 1. The molecular weight excluding hydrogens is 352 g/mol. The SMILES string of the molecule is COC(=O)c1oc(COC(=O)Cn2nnc(-c3ccc(C)cc3)n2)cc1C. The lowest BCUT2D eigenvalue weighted by Gasteiger charge is -2.01. The summed E-state index contributed by atoms with van der Waals surface area (Å²) in [6, 6.07) is 9.26. The van der Waals surface area contributed by atoms with Gasteiger partial charge >= 0.3 is 11.9 Å². The molecule has 3 aromatic rings. The Bertz CT molecular complexity index is 959. The minimum absolute atomic E-state index is 0.0873. The number of carbonyl (C=O) groups excluding carboxylic acids is 2. The highest BCUT2D eigenvalue weighted by Gasteiger charge is 2.17. The molecule has 0 amide bonds. The zero-order valence-electron chi connectivity index (χ0n) is 15.1. The van der Waals surface area contributed by atoms with Gasteiger partial charge in [0.25, 0.3) is 0 Å². The van der Waals surface area contributed by atoms with Crippen molar-refractivity contribution < 1.29 is 23.5 Å². The van der Waals surface area contributed by atoms with Gasteiger partial charge in [0, 0.05) is 11.1 Å². The highest BCUT2D eigenvalue weighted by Crippen LogP contribution is 2.17. The second-order valence-electron chi connectivity index (χ2n) is 5.89. The molecule has 1 aromatic carbocycles. The highest BCUT2D eigenvalue weighted by atomic mass is 16.6. The number of benzene rings is 1. The first kappa shape index (κ1) is 18.3. The van der Waals surface area contributed by atoms with Crippen LogP contribution in [0.5, 0.6) is 0 Å². The molecule has 0 spiro atoms. The lowest BCUT2D eigenvalue weighted by atomic mass is 10.1. The van der Waals surface area contributed by atoms with Crippen LogP contribution >= 0.6 is 0 Å². The summed E-state index contributed by atoms with van der Waals surface area (Å²) in [5.74, 6) is -0.290. The summed E-state index contributed by atoms with van der Waals surface area (Å²) in [6.45, 7) is 3.38. The van der Waals surface area contributed by atoms with Gasteiger partial charge in [0.1, 0.15) is 12.4 Å². The largest absolute Gasteiger partial charge is 0.463 e. The van der Waals surface area contributed by atoms with Crippen LogP contribution in [0.25, 0.3) is 11.4 Å². The van der Waals surface area contributed by atoms with E-state index in [1.807, 2.05) is 31.2 Å². The summed E-state index contributed by atoms with van der Waals surface area (Å²) < 4.78 is 15.1. The number of aryl methyl sites for hydroxylation is 2. The third-order valence-corrected chi connectivity index (χ3v) is 3.75. The molecule has 0 atom stereocenters. The monoisotopic (exact) mass is 370 g/mol. The number of hydrogen-bond donors (Lipinski definition) is 0. The van der Waals surface area contributed by atoms with Gasteiger partial charge in [-0.05, 0) is 25.1 Å². The van der Waals surface area contributed by atoms with Gasteiger partial charge in [0.2, 0.25) is 11.6 Å². The fourth-order valence-corrected chi connectivity index (χ4v) is 2.36. The Labute approximate surface area is 154 Å². The molecule has 140 valence electrons. The first-order valence-corrected chi connectivity index (χ1v) is 8.14. The summed E-state index contributed by atoms with van der Waals surface area (Å²) in [7, 11) is 1.26. The fraction of sp³-hybridized carbons (Fsp3) is 0.278. The van der Waals surface area contributed by atoms with Crippen molar-refractivity contribution in [1.82, 2.24) is 20.2 Å². The normalized spacial score (nSPS) is 10.6. The molecule has 3 rings (SSSR count). The van der Waals surface area contributed by atoms with Crippen LogP contribution < -0.4 is 0 Å². The van der Waals surface area contributed by atoms with Gasteiger partial charge in [-0.15, -0.1) is 10.2 Å². The Kier molecular flexibility index (Phi) is 5.30. The van der Waals surface area contributed by atoms with E-state index in [0.29, 0.717) is 17.1 Å². The van der Waals surface area contributed by atoms with E-state index in [0.717, 1.165) is 15.9 Å². The van der Waals surface area contributed by atoms with E-state index < -0.39 is 11.9 Å². The minimum Gasteiger partial charge on any atom is -0.463 e. The maximum atomic E-state index is 12.0. The van der Waals surface area contributed by atoms with Crippen LogP contribution in [0.15, 0.2) is 34.7 Å². The number of ether oxygens (including phenoxy) is 2. The molecule has 0 N–H and O–H groups in total. The lowest BCUT2D eigenvalue weighted by Crippen LogP contribution is -2.15. The van der Waals surface area contributed by atoms with Crippen molar-refractivity contribution in [1.29, 1.82) is 0 Å². The highest BCUT2D eigenvalue weighted by molar-refractivity contribution is 5.87. The number of hydrogen-bond acceptors (Lipinski definition) is 8. The van der Waals surface area contributed by atoms with Crippen LogP contribution in [0, 0.1) is 13.8 Å². The molecule has 0 unspecified atom stereocenters. The molecule has 0 aliphatic heterocycles. The molecule has 2 aromatic heterocycles. The van der Waals surface area contributed by atoms with Crippen LogP contribution in [0.4, 0.5) is 0 Å². The van der Waals surface area contributed by atoms with Crippen LogP contribution in [-0.4, -0.2) is 39.3 Å². The molecule has 9 nitrogen and oxygen atoms in total. The van der Waals surface area contributed by atoms with Crippen molar-refractivity contribution in [3.8, 4) is 11.4 Å². The predicted molar refractivity (Wildman–Crippen MR) is 92.6 cm³/mol. The van der Waals surface area contributed by atoms with E-state index in [2.05, 4.69) is 20.1 Å². The molecule has 0 aliphatic rings. The van der Waals surface area contributed by atoms with Crippen molar-refractivity contribution in [3.63, 3.8) is 0 Å². The lowest BCUT2D eigenvalue weighted by molar-refractivity contribution is -0.146. The zero-order valence-corrected chi connectivity index (χ0v) is 15.1. The van der Waals surface area contributed by atoms with Gasteiger partial charge in [0.05, 0.1) is 7.11 Å². The summed E-state index contributed by atoms with van der Waals surface area (Å²) in [6.07, 6.45) is 0. The summed E-state index contributed by atoms with van der Waals surface area (Å²) >= 11 is 0. The van der Waals surface area contributed by atoms with Crippen molar-refractivity contribution in [3.05, 3.63) is 53.0 Å². The topological polar surface area (TPSA) is 109 Å². The molecule has 0 radical (unpaired) electrons. The second kappa shape index (κ2) is 7.81. The molecule has 27 heavy (non-hydrogen) atoms. The average Bonchev–Trinajstić information content (AvgIpc) is 3.26.